The number of nitrogens with one attached hydrogen (secondary N) is 1. The molecule has 3 aromatic rings. The number of hydrogen-bond donors (Lipinski definition) is 1. The Labute approximate surface area is 187 Å². The van der Waals surface area contributed by atoms with Crippen molar-refractivity contribution in [2.45, 2.75) is 38.1 Å². The zero-order valence-corrected chi connectivity index (χ0v) is 19.0. The van der Waals surface area contributed by atoms with Gasteiger partial charge in [-0.3, -0.25) is 9.59 Å². The molecule has 162 valence electrons. The molecule has 1 fully saturated rings. The van der Waals surface area contributed by atoms with Gasteiger partial charge in [-0.1, -0.05) is 50.1 Å². The summed E-state index contributed by atoms with van der Waals surface area (Å²) < 4.78 is 0. The zero-order valence-electron chi connectivity index (χ0n) is 18.1. The maximum atomic E-state index is 11.5. The third kappa shape index (κ3) is 6.09. The van der Waals surface area contributed by atoms with Gasteiger partial charge in [0, 0.05) is 28.1 Å². The van der Waals surface area contributed by atoms with Gasteiger partial charge in [0.25, 0.3) is 0 Å². The lowest BCUT2D eigenvalue weighted by Crippen LogP contribution is -2.29. The summed E-state index contributed by atoms with van der Waals surface area (Å²) in [5.41, 5.74) is 2.37. The van der Waals surface area contributed by atoms with Gasteiger partial charge < -0.3 is 10.2 Å². The molecule has 1 saturated carbocycles. The van der Waals surface area contributed by atoms with Crippen LogP contribution < -0.4 is 5.32 Å². The molecule has 0 saturated heterocycles. The lowest BCUT2D eigenvalue weighted by atomic mass is 9.95. The summed E-state index contributed by atoms with van der Waals surface area (Å²) >= 11 is 1.31. The van der Waals surface area contributed by atoms with E-state index >= 15 is 0 Å². The van der Waals surface area contributed by atoms with Crippen LogP contribution >= 0.6 is 11.3 Å². The Hall–Kier alpha value is -2.83. The summed E-state index contributed by atoms with van der Waals surface area (Å²) in [6.45, 7) is 3.46. The molecule has 1 aromatic heterocycles. The molecule has 0 radical (unpaired) electrons. The summed E-state index contributed by atoms with van der Waals surface area (Å²) in [6, 6.07) is 12.5. The number of fused-ring (bicyclic) bond motifs is 1. The molecule has 6 heteroatoms. The number of benzene rings is 2. The molecule has 1 N–H and O–H groups in total. The number of amides is 1. The summed E-state index contributed by atoms with van der Waals surface area (Å²) in [6.07, 6.45) is 9.18. The van der Waals surface area contributed by atoms with Gasteiger partial charge in [0.2, 0.25) is 5.91 Å². The first-order valence-corrected chi connectivity index (χ1v) is 11.4. The van der Waals surface area contributed by atoms with E-state index in [0.29, 0.717) is 5.01 Å². The van der Waals surface area contributed by atoms with Crippen molar-refractivity contribution < 1.29 is 9.59 Å². The fourth-order valence-electron chi connectivity index (χ4n) is 3.80. The van der Waals surface area contributed by atoms with Crippen LogP contribution in [0.3, 0.4) is 0 Å². The maximum absolute atomic E-state index is 11.5. The van der Waals surface area contributed by atoms with Gasteiger partial charge in [0.15, 0.2) is 11.3 Å². The number of thiazole rings is 1. The molecule has 0 atom stereocenters. The van der Waals surface area contributed by atoms with Crippen molar-refractivity contribution in [3.05, 3.63) is 59.4 Å². The van der Waals surface area contributed by atoms with Crippen LogP contribution in [0.15, 0.2) is 54.4 Å². The van der Waals surface area contributed by atoms with E-state index in [1.54, 1.807) is 0 Å². The molecule has 1 heterocycles. The Bertz CT molecular complexity index is 1050. The first-order valence-electron chi connectivity index (χ1n) is 10.6. The Morgan fingerprint density at radius 1 is 1.19 bits per heavy atom. The van der Waals surface area contributed by atoms with Crippen molar-refractivity contribution in [3.8, 4) is 11.3 Å². The first-order chi connectivity index (χ1) is 15.0. The molecule has 4 rings (SSSR count). The molecule has 1 aliphatic rings. The van der Waals surface area contributed by atoms with Gasteiger partial charge in [-0.05, 0) is 50.5 Å². The monoisotopic (exact) mass is 435 g/mol. The lowest BCUT2D eigenvalue weighted by molar-refractivity contribution is -0.111. The van der Waals surface area contributed by atoms with Crippen molar-refractivity contribution in [2.24, 2.45) is 0 Å². The van der Waals surface area contributed by atoms with Gasteiger partial charge >= 0.3 is 0 Å². The number of anilines is 1. The highest BCUT2D eigenvalue weighted by Gasteiger charge is 2.14. The number of aromatic nitrogens is 1. The highest BCUT2D eigenvalue weighted by atomic mass is 32.1. The Balaban J connectivity index is 0.000000254. The minimum atomic E-state index is -0.255. The molecule has 0 spiro atoms. The van der Waals surface area contributed by atoms with Gasteiger partial charge in [0.1, 0.15) is 0 Å². The van der Waals surface area contributed by atoms with Gasteiger partial charge in [-0.25, -0.2) is 4.98 Å². The van der Waals surface area contributed by atoms with E-state index in [9.17, 15) is 9.59 Å². The molecule has 1 aliphatic carbocycles. The van der Waals surface area contributed by atoms with Gasteiger partial charge in [-0.2, -0.15) is 0 Å². The first kappa shape index (κ1) is 22.8. The molecular formula is C25H29N3O2S. The van der Waals surface area contributed by atoms with Crippen molar-refractivity contribution in [3.63, 3.8) is 0 Å². The number of rotatable bonds is 5. The minimum Gasteiger partial charge on any atom is -0.322 e. The Kier molecular flexibility index (Phi) is 8.09. The predicted molar refractivity (Wildman–Crippen MR) is 130 cm³/mol. The summed E-state index contributed by atoms with van der Waals surface area (Å²) in [5, 5.41) is 7.01. The third-order valence-corrected chi connectivity index (χ3v) is 6.32. The number of hydrogen-bond acceptors (Lipinski definition) is 5. The van der Waals surface area contributed by atoms with Crippen LogP contribution in [-0.2, 0) is 4.79 Å². The quantitative estimate of drug-likeness (QED) is 0.407. The Morgan fingerprint density at radius 3 is 2.58 bits per heavy atom. The smallest absolute Gasteiger partial charge is 0.247 e. The highest BCUT2D eigenvalue weighted by Crippen LogP contribution is 2.29. The normalized spacial score (nSPS) is 14.0. The van der Waals surface area contributed by atoms with Crippen molar-refractivity contribution in [1.29, 1.82) is 0 Å². The van der Waals surface area contributed by atoms with E-state index in [4.69, 9.17) is 0 Å². The largest absolute Gasteiger partial charge is 0.322 e. The SMILES string of the molecule is C=CC(=O)Nc1cccc2ccc(-c3csc(C=O)n3)cc12.CN(C)C1CCCCC1. The topological polar surface area (TPSA) is 62.3 Å². The van der Waals surface area contributed by atoms with Crippen molar-refractivity contribution in [1.82, 2.24) is 9.88 Å². The van der Waals surface area contributed by atoms with Crippen LogP contribution in [0.4, 0.5) is 5.69 Å². The zero-order chi connectivity index (χ0) is 22.2. The number of aldehydes is 1. The predicted octanol–water partition coefficient (Wildman–Crippen LogP) is 5.78. The van der Waals surface area contributed by atoms with Crippen LogP contribution in [0.2, 0.25) is 0 Å². The highest BCUT2D eigenvalue weighted by molar-refractivity contribution is 7.11. The Morgan fingerprint density at radius 2 is 1.97 bits per heavy atom. The fraction of sp³-hybridized carbons (Fsp3) is 0.320. The van der Waals surface area contributed by atoms with E-state index in [0.717, 1.165) is 40.0 Å². The fourth-order valence-corrected chi connectivity index (χ4v) is 4.42. The van der Waals surface area contributed by atoms with Crippen LogP contribution in [0, 0.1) is 0 Å². The second-order valence-electron chi connectivity index (χ2n) is 7.88. The number of nitrogens with zero attached hydrogens (tertiary/aromatic N) is 2. The summed E-state index contributed by atoms with van der Waals surface area (Å²) in [4.78, 5) is 28.9. The molecule has 2 aromatic carbocycles. The van der Waals surface area contributed by atoms with Crippen LogP contribution in [0.5, 0.6) is 0 Å². The van der Waals surface area contributed by atoms with E-state index in [1.165, 1.54) is 49.5 Å². The van der Waals surface area contributed by atoms with Crippen molar-refractivity contribution >= 4 is 40.0 Å². The number of carbonyl (C=O) groups excluding carboxylic acids is 2. The molecule has 0 bridgehead atoms. The van der Waals surface area contributed by atoms with Gasteiger partial charge in [0.05, 0.1) is 5.69 Å². The maximum Gasteiger partial charge on any atom is 0.247 e. The van der Waals surface area contributed by atoms with E-state index < -0.39 is 0 Å². The second-order valence-corrected chi connectivity index (χ2v) is 8.77. The average Bonchev–Trinajstić information content (AvgIpc) is 3.29. The molecular weight excluding hydrogens is 406 g/mol. The molecule has 31 heavy (non-hydrogen) atoms. The molecule has 0 unspecified atom stereocenters. The minimum absolute atomic E-state index is 0.255. The van der Waals surface area contributed by atoms with Crippen molar-refractivity contribution in [2.75, 3.05) is 19.4 Å². The second kappa shape index (κ2) is 11.0. The van der Waals surface area contributed by atoms with E-state index in [-0.39, 0.29) is 5.91 Å². The van der Waals surface area contributed by atoms with Crippen LogP contribution in [0.25, 0.3) is 22.0 Å². The number of carbonyl (C=O) groups is 2. The summed E-state index contributed by atoms with van der Waals surface area (Å²) in [5.74, 6) is -0.255. The summed E-state index contributed by atoms with van der Waals surface area (Å²) in [7, 11) is 4.38. The van der Waals surface area contributed by atoms with Gasteiger partial charge in [-0.15, -0.1) is 11.3 Å². The third-order valence-electron chi connectivity index (χ3n) is 5.55. The van der Waals surface area contributed by atoms with E-state index in [1.807, 2.05) is 41.8 Å². The molecule has 5 nitrogen and oxygen atoms in total. The van der Waals surface area contributed by atoms with Crippen LogP contribution in [-0.4, -0.2) is 42.2 Å². The van der Waals surface area contributed by atoms with Crippen LogP contribution in [0.1, 0.15) is 41.9 Å². The molecule has 1 amide bonds. The average molecular weight is 436 g/mol. The molecule has 0 aliphatic heterocycles. The standard InChI is InChI=1S/C17H12N2O2S.C8H17N/c1-2-16(21)18-14-5-3-4-11-6-7-12(8-13(11)14)15-10-22-17(9-20)19-15;1-9(2)8-6-4-3-5-7-8/h2-10H,1H2,(H,18,21);8H,3-7H2,1-2H3. The van der Waals surface area contributed by atoms with E-state index in [2.05, 4.69) is 35.9 Å². The lowest BCUT2D eigenvalue weighted by Gasteiger charge is -2.27.